The minimum absolute atomic E-state index is 0.437. The minimum atomic E-state index is 0.437. The summed E-state index contributed by atoms with van der Waals surface area (Å²) in [6.07, 6.45) is 7.25. The van der Waals surface area contributed by atoms with Gasteiger partial charge in [-0.3, -0.25) is 10.1 Å². The van der Waals surface area contributed by atoms with Gasteiger partial charge in [0.25, 0.3) is 0 Å². The first-order chi connectivity index (χ1) is 9.78. The lowest BCUT2D eigenvalue weighted by molar-refractivity contribution is -0.0242. The molecule has 106 valence electrons. The number of H-pyrrole nitrogens is 1. The van der Waals surface area contributed by atoms with Crippen LogP contribution in [-0.2, 0) is 11.2 Å². The van der Waals surface area contributed by atoms with Crippen LogP contribution in [-0.4, -0.2) is 27.9 Å². The van der Waals surface area contributed by atoms with Crippen molar-refractivity contribution >= 4 is 5.82 Å². The van der Waals surface area contributed by atoms with Gasteiger partial charge in [-0.15, -0.1) is 0 Å². The lowest BCUT2D eigenvalue weighted by atomic mass is 9.78. The van der Waals surface area contributed by atoms with Crippen molar-refractivity contribution in [2.24, 2.45) is 5.92 Å². The van der Waals surface area contributed by atoms with E-state index in [-0.39, 0.29) is 0 Å². The number of aromatic nitrogens is 3. The SMILES string of the molecule is CCOC1CC(Cc2[nH]nc(N)c2-c2cccnc2)C1. The molecule has 0 aromatic carbocycles. The number of nitrogen functional groups attached to an aromatic ring is 1. The van der Waals surface area contributed by atoms with Crippen LogP contribution in [0.2, 0.25) is 0 Å². The van der Waals surface area contributed by atoms with Crippen LogP contribution in [0, 0.1) is 5.92 Å². The van der Waals surface area contributed by atoms with E-state index in [1.807, 2.05) is 25.3 Å². The summed E-state index contributed by atoms with van der Waals surface area (Å²) < 4.78 is 5.61. The summed E-state index contributed by atoms with van der Waals surface area (Å²) in [4.78, 5) is 4.16. The molecule has 0 spiro atoms. The lowest BCUT2D eigenvalue weighted by Gasteiger charge is -2.34. The minimum Gasteiger partial charge on any atom is -0.382 e. The Hall–Kier alpha value is -1.88. The molecule has 1 fully saturated rings. The molecule has 5 heteroatoms. The van der Waals surface area contributed by atoms with Crippen molar-refractivity contribution in [3.05, 3.63) is 30.2 Å². The third-order valence-corrected chi connectivity index (χ3v) is 3.91. The Labute approximate surface area is 118 Å². The van der Waals surface area contributed by atoms with Crippen molar-refractivity contribution in [3.63, 3.8) is 0 Å². The maximum absolute atomic E-state index is 5.99. The molecule has 1 aliphatic rings. The highest BCUT2D eigenvalue weighted by molar-refractivity contribution is 5.75. The molecule has 0 atom stereocenters. The van der Waals surface area contributed by atoms with Crippen molar-refractivity contribution in [2.75, 3.05) is 12.3 Å². The summed E-state index contributed by atoms with van der Waals surface area (Å²) in [6.45, 7) is 2.85. The first kappa shape index (κ1) is 13.1. The number of hydrogen-bond donors (Lipinski definition) is 2. The van der Waals surface area contributed by atoms with Gasteiger partial charge >= 0.3 is 0 Å². The van der Waals surface area contributed by atoms with Crippen LogP contribution in [0.3, 0.4) is 0 Å². The third-order valence-electron chi connectivity index (χ3n) is 3.91. The fourth-order valence-corrected chi connectivity index (χ4v) is 2.88. The summed E-state index contributed by atoms with van der Waals surface area (Å²) in [5.41, 5.74) is 9.12. The average molecular weight is 272 g/mol. The highest BCUT2D eigenvalue weighted by Crippen LogP contribution is 2.36. The molecule has 20 heavy (non-hydrogen) atoms. The van der Waals surface area contributed by atoms with Crippen LogP contribution in [0.1, 0.15) is 25.5 Å². The van der Waals surface area contributed by atoms with E-state index in [4.69, 9.17) is 10.5 Å². The molecule has 0 radical (unpaired) electrons. The molecular weight excluding hydrogens is 252 g/mol. The quantitative estimate of drug-likeness (QED) is 0.876. The van der Waals surface area contributed by atoms with Gasteiger partial charge in [-0.25, -0.2) is 0 Å². The maximum atomic E-state index is 5.99. The largest absolute Gasteiger partial charge is 0.382 e. The van der Waals surface area contributed by atoms with Gasteiger partial charge in [0.15, 0.2) is 5.82 Å². The van der Waals surface area contributed by atoms with Crippen LogP contribution >= 0.6 is 0 Å². The van der Waals surface area contributed by atoms with Crippen LogP contribution in [0.25, 0.3) is 11.1 Å². The maximum Gasteiger partial charge on any atom is 0.153 e. The van der Waals surface area contributed by atoms with Crippen molar-refractivity contribution in [3.8, 4) is 11.1 Å². The van der Waals surface area contributed by atoms with E-state index in [9.17, 15) is 0 Å². The molecule has 2 aromatic rings. The van der Waals surface area contributed by atoms with Crippen LogP contribution in [0.4, 0.5) is 5.82 Å². The van der Waals surface area contributed by atoms with E-state index in [2.05, 4.69) is 15.2 Å². The van der Waals surface area contributed by atoms with Crippen LogP contribution in [0.5, 0.6) is 0 Å². The van der Waals surface area contributed by atoms with Crippen LogP contribution < -0.4 is 5.73 Å². The van der Waals surface area contributed by atoms with E-state index < -0.39 is 0 Å². The fourth-order valence-electron chi connectivity index (χ4n) is 2.88. The van der Waals surface area contributed by atoms with Crippen molar-refractivity contribution in [2.45, 2.75) is 32.3 Å². The monoisotopic (exact) mass is 272 g/mol. The fraction of sp³-hybridized carbons (Fsp3) is 0.467. The molecule has 1 aliphatic carbocycles. The van der Waals surface area contributed by atoms with E-state index in [1.54, 1.807) is 6.20 Å². The smallest absolute Gasteiger partial charge is 0.153 e. The molecule has 0 saturated heterocycles. The average Bonchev–Trinajstić information content (AvgIpc) is 2.78. The van der Waals surface area contributed by atoms with Gasteiger partial charge in [0, 0.05) is 35.8 Å². The van der Waals surface area contributed by atoms with Crippen LogP contribution in [0.15, 0.2) is 24.5 Å². The molecule has 3 N–H and O–H groups in total. The number of rotatable bonds is 5. The number of pyridine rings is 1. The van der Waals surface area contributed by atoms with E-state index in [1.165, 1.54) is 0 Å². The second kappa shape index (κ2) is 5.63. The van der Waals surface area contributed by atoms with E-state index >= 15 is 0 Å². The normalized spacial score (nSPS) is 21.6. The Morgan fingerprint density at radius 3 is 3.00 bits per heavy atom. The summed E-state index contributed by atoms with van der Waals surface area (Å²) in [5, 5.41) is 7.23. The van der Waals surface area contributed by atoms with Gasteiger partial charge < -0.3 is 10.5 Å². The van der Waals surface area contributed by atoms with Gasteiger partial charge in [0.2, 0.25) is 0 Å². The van der Waals surface area contributed by atoms with Gasteiger partial charge in [-0.2, -0.15) is 5.10 Å². The first-order valence-corrected chi connectivity index (χ1v) is 7.12. The molecular formula is C15H20N4O. The molecule has 0 amide bonds. The van der Waals surface area contributed by atoms with Gasteiger partial charge in [-0.1, -0.05) is 6.07 Å². The third kappa shape index (κ3) is 2.54. The molecule has 2 heterocycles. The summed E-state index contributed by atoms with van der Waals surface area (Å²) >= 11 is 0. The second-order valence-electron chi connectivity index (χ2n) is 5.32. The number of nitrogens with two attached hydrogens (primary N) is 1. The number of anilines is 1. The molecule has 1 saturated carbocycles. The number of nitrogens with zero attached hydrogens (tertiary/aromatic N) is 2. The summed E-state index contributed by atoms with van der Waals surface area (Å²) in [5.74, 6) is 1.20. The van der Waals surface area contributed by atoms with Crippen molar-refractivity contribution in [1.29, 1.82) is 0 Å². The van der Waals surface area contributed by atoms with Gasteiger partial charge in [-0.05, 0) is 38.2 Å². The Kier molecular flexibility index (Phi) is 3.69. The number of hydrogen-bond acceptors (Lipinski definition) is 4. The molecule has 0 bridgehead atoms. The molecule has 3 rings (SSSR count). The molecule has 0 unspecified atom stereocenters. The number of ether oxygens (including phenoxy) is 1. The van der Waals surface area contributed by atoms with Crippen molar-refractivity contribution < 1.29 is 4.74 Å². The van der Waals surface area contributed by atoms with E-state index in [0.29, 0.717) is 17.8 Å². The zero-order valence-electron chi connectivity index (χ0n) is 11.7. The van der Waals surface area contributed by atoms with Gasteiger partial charge in [0.1, 0.15) is 0 Å². The highest BCUT2D eigenvalue weighted by atomic mass is 16.5. The summed E-state index contributed by atoms with van der Waals surface area (Å²) in [7, 11) is 0. The topological polar surface area (TPSA) is 76.8 Å². The first-order valence-electron chi connectivity index (χ1n) is 7.12. The Bertz CT molecular complexity index is 561. The lowest BCUT2D eigenvalue weighted by Crippen LogP contribution is -2.32. The Balaban J connectivity index is 1.72. The molecule has 5 nitrogen and oxygen atoms in total. The zero-order chi connectivity index (χ0) is 13.9. The molecule has 2 aromatic heterocycles. The summed E-state index contributed by atoms with van der Waals surface area (Å²) in [6, 6.07) is 3.93. The molecule has 0 aliphatic heterocycles. The zero-order valence-corrected chi connectivity index (χ0v) is 11.7. The highest BCUT2D eigenvalue weighted by Gasteiger charge is 2.31. The van der Waals surface area contributed by atoms with Crippen molar-refractivity contribution in [1.82, 2.24) is 15.2 Å². The number of nitrogens with one attached hydrogen (secondary N) is 1. The standard InChI is InChI=1S/C15H20N4O/c1-2-20-12-6-10(7-12)8-13-14(15(16)19-18-13)11-4-3-5-17-9-11/h3-5,9-10,12H,2,6-8H2,1H3,(H3,16,18,19). The predicted octanol–water partition coefficient (Wildman–Crippen LogP) is 2.41. The Morgan fingerprint density at radius 2 is 2.30 bits per heavy atom. The second-order valence-corrected chi connectivity index (χ2v) is 5.32. The Morgan fingerprint density at radius 1 is 1.45 bits per heavy atom. The number of aromatic amines is 1. The predicted molar refractivity (Wildman–Crippen MR) is 78.1 cm³/mol. The van der Waals surface area contributed by atoms with E-state index in [0.717, 1.165) is 42.7 Å². The van der Waals surface area contributed by atoms with Gasteiger partial charge in [0.05, 0.1) is 6.10 Å².